The van der Waals surface area contributed by atoms with E-state index in [1.807, 2.05) is 37.3 Å². The Kier molecular flexibility index (Phi) is 6.09. The highest BCUT2D eigenvalue weighted by Crippen LogP contribution is 2.09. The number of carbonyl (C=O) groups excluding carboxylic acids is 1. The van der Waals surface area contributed by atoms with Crippen molar-refractivity contribution in [2.45, 2.75) is 13.3 Å². The lowest BCUT2D eigenvalue weighted by molar-refractivity contribution is -0.112. The number of anilines is 1. The van der Waals surface area contributed by atoms with Gasteiger partial charge in [0.2, 0.25) is 0 Å². The minimum Gasteiger partial charge on any atom is -0.389 e. The molecule has 0 aromatic heterocycles. The van der Waals surface area contributed by atoms with Crippen LogP contribution in [0.25, 0.3) is 0 Å². The predicted molar refractivity (Wildman–Crippen MR) is 91.6 cm³/mol. The molecule has 2 aromatic carbocycles. The van der Waals surface area contributed by atoms with Crippen LogP contribution in [0.1, 0.15) is 11.1 Å². The van der Waals surface area contributed by atoms with Crippen molar-refractivity contribution in [3.8, 4) is 6.07 Å². The van der Waals surface area contributed by atoms with Crippen LogP contribution in [-0.4, -0.2) is 12.5 Å². The first kappa shape index (κ1) is 17.2. The molecule has 0 saturated heterocycles. The Balaban J connectivity index is 1.86. The van der Waals surface area contributed by atoms with E-state index in [-0.39, 0.29) is 11.4 Å². The van der Waals surface area contributed by atoms with E-state index in [2.05, 4.69) is 10.6 Å². The van der Waals surface area contributed by atoms with E-state index in [4.69, 9.17) is 5.26 Å². The smallest absolute Gasteiger partial charge is 0.267 e. The third-order valence-electron chi connectivity index (χ3n) is 3.39. The maximum Gasteiger partial charge on any atom is 0.267 e. The molecule has 2 rings (SSSR count). The van der Waals surface area contributed by atoms with Crippen molar-refractivity contribution >= 4 is 11.6 Å². The van der Waals surface area contributed by atoms with E-state index >= 15 is 0 Å². The average molecular weight is 323 g/mol. The molecule has 0 aliphatic heterocycles. The molecule has 1 amide bonds. The average Bonchev–Trinajstić information content (AvgIpc) is 2.58. The first-order valence-corrected chi connectivity index (χ1v) is 7.54. The Bertz CT molecular complexity index is 759. The fourth-order valence-corrected chi connectivity index (χ4v) is 2.03. The minimum absolute atomic E-state index is 0.0387. The van der Waals surface area contributed by atoms with E-state index in [0.29, 0.717) is 12.2 Å². The molecule has 4 nitrogen and oxygen atoms in total. The summed E-state index contributed by atoms with van der Waals surface area (Å²) in [7, 11) is 0. The van der Waals surface area contributed by atoms with Gasteiger partial charge in [0.05, 0.1) is 0 Å². The van der Waals surface area contributed by atoms with Crippen molar-refractivity contribution in [1.29, 1.82) is 5.26 Å². The molecule has 0 atom stereocenters. The third-order valence-corrected chi connectivity index (χ3v) is 3.39. The molecule has 0 saturated carbocycles. The van der Waals surface area contributed by atoms with Crippen molar-refractivity contribution in [2.24, 2.45) is 0 Å². The van der Waals surface area contributed by atoms with Crippen LogP contribution in [0.5, 0.6) is 0 Å². The molecule has 0 heterocycles. The largest absolute Gasteiger partial charge is 0.389 e. The van der Waals surface area contributed by atoms with E-state index < -0.39 is 5.91 Å². The van der Waals surface area contributed by atoms with Crippen molar-refractivity contribution in [3.05, 3.63) is 77.2 Å². The first-order chi connectivity index (χ1) is 11.6. The number of halogens is 1. The molecule has 0 unspecified atom stereocenters. The molecule has 0 aliphatic carbocycles. The number of nitrogens with zero attached hydrogens (tertiary/aromatic N) is 1. The summed E-state index contributed by atoms with van der Waals surface area (Å²) in [6.07, 6.45) is 2.18. The van der Waals surface area contributed by atoms with Gasteiger partial charge in [-0.3, -0.25) is 4.79 Å². The fraction of sp³-hybridized carbons (Fsp3) is 0.158. The molecule has 2 N–H and O–H groups in total. The Morgan fingerprint density at radius 2 is 1.83 bits per heavy atom. The van der Waals surface area contributed by atoms with Gasteiger partial charge in [0, 0.05) is 18.4 Å². The summed E-state index contributed by atoms with van der Waals surface area (Å²) in [5.74, 6) is -0.922. The fourth-order valence-electron chi connectivity index (χ4n) is 2.03. The van der Waals surface area contributed by atoms with Crippen molar-refractivity contribution in [1.82, 2.24) is 5.32 Å². The highest BCUT2D eigenvalue weighted by atomic mass is 19.1. The van der Waals surface area contributed by atoms with Crippen LogP contribution < -0.4 is 10.6 Å². The third kappa shape index (κ3) is 5.25. The molecule has 0 fully saturated rings. The molecule has 0 spiro atoms. The molecule has 0 aliphatic rings. The van der Waals surface area contributed by atoms with Crippen molar-refractivity contribution in [2.75, 3.05) is 11.9 Å². The maximum absolute atomic E-state index is 12.8. The van der Waals surface area contributed by atoms with Crippen molar-refractivity contribution < 1.29 is 9.18 Å². The zero-order chi connectivity index (χ0) is 17.4. The zero-order valence-electron chi connectivity index (χ0n) is 13.3. The number of benzene rings is 2. The molecule has 0 bridgehead atoms. The van der Waals surface area contributed by atoms with Gasteiger partial charge in [-0.05, 0) is 43.2 Å². The lowest BCUT2D eigenvalue weighted by Crippen LogP contribution is -2.18. The van der Waals surface area contributed by atoms with E-state index in [1.54, 1.807) is 0 Å². The normalized spacial score (nSPS) is 10.8. The van der Waals surface area contributed by atoms with Gasteiger partial charge in [-0.2, -0.15) is 5.26 Å². The topological polar surface area (TPSA) is 64.9 Å². The Labute approximate surface area is 140 Å². The van der Waals surface area contributed by atoms with Gasteiger partial charge in [-0.15, -0.1) is 0 Å². The highest BCUT2D eigenvalue weighted by Gasteiger charge is 2.09. The van der Waals surface area contributed by atoms with Crippen molar-refractivity contribution in [3.63, 3.8) is 0 Å². The standard InChI is InChI=1S/C19H18FN3O/c1-14-2-4-15(5-3-14)10-11-22-13-16(12-21)19(24)23-18-8-6-17(20)7-9-18/h2-9,13,22H,10-11H2,1H3,(H,23,24)/b16-13-. The predicted octanol–water partition coefficient (Wildman–Crippen LogP) is 3.31. The number of nitrogens with one attached hydrogen (secondary N) is 2. The van der Waals surface area contributed by atoms with Crippen LogP contribution in [-0.2, 0) is 11.2 Å². The van der Waals surface area contributed by atoms with Crippen LogP contribution in [0.4, 0.5) is 10.1 Å². The van der Waals surface area contributed by atoms with Crippen LogP contribution in [0.3, 0.4) is 0 Å². The van der Waals surface area contributed by atoms with Crippen LogP contribution in [0.2, 0.25) is 0 Å². The summed E-state index contributed by atoms with van der Waals surface area (Å²) in [4.78, 5) is 12.0. The van der Waals surface area contributed by atoms with E-state index in [1.165, 1.54) is 41.6 Å². The van der Waals surface area contributed by atoms with Crippen LogP contribution in [0.15, 0.2) is 60.3 Å². The second-order valence-corrected chi connectivity index (χ2v) is 5.32. The molecular formula is C19H18FN3O. The lowest BCUT2D eigenvalue weighted by Gasteiger charge is -2.05. The minimum atomic E-state index is -0.535. The lowest BCUT2D eigenvalue weighted by atomic mass is 10.1. The Hall–Kier alpha value is -3.13. The van der Waals surface area contributed by atoms with Gasteiger partial charge < -0.3 is 10.6 Å². The van der Waals surface area contributed by atoms with Crippen LogP contribution >= 0.6 is 0 Å². The summed E-state index contributed by atoms with van der Waals surface area (Å²) >= 11 is 0. The molecule has 2 aromatic rings. The Morgan fingerprint density at radius 1 is 1.17 bits per heavy atom. The summed E-state index contributed by atoms with van der Waals surface area (Å²) < 4.78 is 12.8. The molecule has 5 heteroatoms. The second-order valence-electron chi connectivity index (χ2n) is 5.32. The molecular weight excluding hydrogens is 305 g/mol. The van der Waals surface area contributed by atoms with Gasteiger partial charge in [0.15, 0.2) is 0 Å². The SMILES string of the molecule is Cc1ccc(CCN/C=C(/C#N)C(=O)Nc2ccc(F)cc2)cc1. The maximum atomic E-state index is 12.8. The van der Waals surface area contributed by atoms with Gasteiger partial charge in [0.1, 0.15) is 17.5 Å². The number of hydrogen-bond donors (Lipinski definition) is 2. The van der Waals surface area contributed by atoms with Gasteiger partial charge in [-0.25, -0.2) is 4.39 Å². The number of hydrogen-bond acceptors (Lipinski definition) is 3. The molecule has 0 radical (unpaired) electrons. The van der Waals surface area contributed by atoms with E-state index in [9.17, 15) is 9.18 Å². The number of aryl methyl sites for hydroxylation is 1. The van der Waals surface area contributed by atoms with Gasteiger partial charge >= 0.3 is 0 Å². The second kappa shape index (κ2) is 8.49. The monoisotopic (exact) mass is 323 g/mol. The molecule has 24 heavy (non-hydrogen) atoms. The van der Waals surface area contributed by atoms with Gasteiger partial charge in [0.25, 0.3) is 5.91 Å². The molecule has 122 valence electrons. The summed E-state index contributed by atoms with van der Waals surface area (Å²) in [5.41, 5.74) is 2.78. The number of rotatable bonds is 6. The number of amides is 1. The van der Waals surface area contributed by atoms with E-state index in [0.717, 1.165) is 6.42 Å². The summed E-state index contributed by atoms with van der Waals surface area (Å²) in [6, 6.07) is 15.4. The summed E-state index contributed by atoms with van der Waals surface area (Å²) in [5, 5.41) is 14.6. The first-order valence-electron chi connectivity index (χ1n) is 7.54. The Morgan fingerprint density at radius 3 is 2.46 bits per heavy atom. The number of nitriles is 1. The summed E-state index contributed by atoms with van der Waals surface area (Å²) in [6.45, 7) is 2.64. The van der Waals surface area contributed by atoms with Crippen LogP contribution in [0, 0.1) is 24.1 Å². The zero-order valence-corrected chi connectivity index (χ0v) is 13.3. The number of carbonyl (C=O) groups is 1. The quantitative estimate of drug-likeness (QED) is 0.487. The van der Waals surface area contributed by atoms with Gasteiger partial charge in [-0.1, -0.05) is 29.8 Å². The highest BCUT2D eigenvalue weighted by molar-refractivity contribution is 6.06.